The zero-order valence-electron chi connectivity index (χ0n) is 6.97. The minimum absolute atomic E-state index is 0.262. The summed E-state index contributed by atoms with van der Waals surface area (Å²) in [5.74, 6) is -0.299. The third-order valence-corrected chi connectivity index (χ3v) is 1.08. The van der Waals surface area contributed by atoms with E-state index in [1.165, 1.54) is 31.2 Å². The molecule has 0 saturated heterocycles. The van der Waals surface area contributed by atoms with Crippen molar-refractivity contribution in [3.63, 3.8) is 0 Å². The summed E-state index contributed by atoms with van der Waals surface area (Å²) in [7, 11) is 0. The maximum atomic E-state index is 10.1. The Morgan fingerprint density at radius 3 is 2.31 bits per heavy atom. The van der Waals surface area contributed by atoms with E-state index >= 15 is 0 Å². The van der Waals surface area contributed by atoms with Gasteiger partial charge in [-0.05, 0) is 6.07 Å². The second-order valence-corrected chi connectivity index (χ2v) is 1.97. The number of benzene rings is 1. The Hall–Kier alpha value is -2.09. The Bertz CT molecular complexity index is 330. The summed E-state index contributed by atoms with van der Waals surface area (Å²) in [6.07, 6.45) is 0. The monoisotopic (exact) mass is 180 g/mol. The number of nitrogens with zero attached hydrogens (tertiary/aromatic N) is 2. The molecule has 0 fully saturated rings. The fourth-order valence-electron chi connectivity index (χ4n) is 0.619. The fourth-order valence-corrected chi connectivity index (χ4v) is 0.619. The highest BCUT2D eigenvalue weighted by atomic mass is 16.6. The van der Waals surface area contributed by atoms with Gasteiger partial charge in [0.1, 0.15) is 0 Å². The SMILES string of the molecule is CC#N.O=[N+]([O-])c1ccccc1O. The van der Waals surface area contributed by atoms with Gasteiger partial charge in [0.15, 0.2) is 5.75 Å². The summed E-state index contributed by atoms with van der Waals surface area (Å²) in [5, 5.41) is 26.2. The van der Waals surface area contributed by atoms with Gasteiger partial charge >= 0.3 is 5.69 Å². The Labute approximate surface area is 75.0 Å². The van der Waals surface area contributed by atoms with Crippen LogP contribution in [0.15, 0.2) is 24.3 Å². The van der Waals surface area contributed by atoms with Crippen molar-refractivity contribution in [3.8, 4) is 11.8 Å². The Morgan fingerprint density at radius 2 is 2.00 bits per heavy atom. The van der Waals surface area contributed by atoms with Crippen LogP contribution in [0.2, 0.25) is 0 Å². The molecule has 5 heteroatoms. The lowest BCUT2D eigenvalue weighted by atomic mass is 10.3. The highest BCUT2D eigenvalue weighted by Gasteiger charge is 2.09. The normalized spacial score (nSPS) is 7.69. The first-order chi connectivity index (χ1) is 6.13. The molecular formula is C8H8N2O3. The second-order valence-electron chi connectivity index (χ2n) is 1.97. The third kappa shape index (κ3) is 3.72. The fraction of sp³-hybridized carbons (Fsp3) is 0.125. The first-order valence-electron chi connectivity index (χ1n) is 3.36. The average Bonchev–Trinajstić information content (AvgIpc) is 2.06. The zero-order chi connectivity index (χ0) is 10.3. The standard InChI is InChI=1S/C6H5NO3.C2H3N/c8-6-4-2-1-3-5(6)7(9)10;1-2-3/h1-4,8H;1H3. The van der Waals surface area contributed by atoms with Gasteiger partial charge in [0.05, 0.1) is 11.0 Å². The molecule has 0 aliphatic carbocycles. The maximum Gasteiger partial charge on any atom is 0.310 e. The van der Waals surface area contributed by atoms with Gasteiger partial charge in [-0.1, -0.05) is 12.1 Å². The maximum absolute atomic E-state index is 10.1. The molecule has 0 spiro atoms. The van der Waals surface area contributed by atoms with Crippen LogP contribution < -0.4 is 0 Å². The van der Waals surface area contributed by atoms with Gasteiger partial charge < -0.3 is 5.11 Å². The van der Waals surface area contributed by atoms with Crippen LogP contribution in [-0.2, 0) is 0 Å². The molecule has 0 heterocycles. The first kappa shape index (κ1) is 10.9. The summed E-state index contributed by atoms with van der Waals surface area (Å²) >= 11 is 0. The van der Waals surface area contributed by atoms with Crippen LogP contribution in [0.4, 0.5) is 5.69 Å². The third-order valence-electron chi connectivity index (χ3n) is 1.08. The molecule has 0 atom stereocenters. The lowest BCUT2D eigenvalue weighted by Crippen LogP contribution is -1.86. The summed E-state index contributed by atoms with van der Waals surface area (Å²) in [5.41, 5.74) is -0.262. The Balaban J connectivity index is 0.000000424. The van der Waals surface area contributed by atoms with E-state index in [1.807, 2.05) is 0 Å². The number of para-hydroxylation sites is 2. The van der Waals surface area contributed by atoms with Crippen LogP contribution in [0.1, 0.15) is 6.92 Å². The van der Waals surface area contributed by atoms with Crippen LogP contribution in [0.5, 0.6) is 5.75 Å². The molecule has 13 heavy (non-hydrogen) atoms. The molecule has 1 N–H and O–H groups in total. The van der Waals surface area contributed by atoms with Crippen molar-refractivity contribution in [1.29, 1.82) is 5.26 Å². The van der Waals surface area contributed by atoms with Gasteiger partial charge in [-0.2, -0.15) is 5.26 Å². The quantitative estimate of drug-likeness (QED) is 0.527. The molecule has 0 saturated carbocycles. The van der Waals surface area contributed by atoms with E-state index in [0.29, 0.717) is 0 Å². The van der Waals surface area contributed by atoms with Crippen LogP contribution >= 0.6 is 0 Å². The van der Waals surface area contributed by atoms with Gasteiger partial charge in [0.25, 0.3) is 0 Å². The van der Waals surface area contributed by atoms with Crippen molar-refractivity contribution in [2.75, 3.05) is 0 Å². The van der Waals surface area contributed by atoms with Crippen molar-refractivity contribution in [2.45, 2.75) is 6.92 Å². The van der Waals surface area contributed by atoms with Gasteiger partial charge in [-0.15, -0.1) is 0 Å². The number of phenolic OH excluding ortho intramolecular Hbond substituents is 1. The first-order valence-corrected chi connectivity index (χ1v) is 3.36. The minimum atomic E-state index is -0.630. The van der Waals surface area contributed by atoms with E-state index in [-0.39, 0.29) is 11.4 Å². The number of nitriles is 1. The number of aromatic hydroxyl groups is 1. The highest BCUT2D eigenvalue weighted by molar-refractivity contribution is 5.44. The number of phenols is 1. The van der Waals surface area contributed by atoms with E-state index < -0.39 is 4.92 Å². The number of hydrogen-bond donors (Lipinski definition) is 1. The van der Waals surface area contributed by atoms with E-state index in [9.17, 15) is 10.1 Å². The van der Waals surface area contributed by atoms with Gasteiger partial charge in [0, 0.05) is 13.0 Å². The molecule has 0 amide bonds. The zero-order valence-corrected chi connectivity index (χ0v) is 6.97. The van der Waals surface area contributed by atoms with Crippen molar-refractivity contribution >= 4 is 5.69 Å². The topological polar surface area (TPSA) is 87.2 Å². The van der Waals surface area contributed by atoms with Crippen molar-refractivity contribution in [3.05, 3.63) is 34.4 Å². The van der Waals surface area contributed by atoms with Gasteiger partial charge in [-0.3, -0.25) is 10.1 Å². The summed E-state index contributed by atoms with van der Waals surface area (Å²) in [6.45, 7) is 1.43. The van der Waals surface area contributed by atoms with Crippen LogP contribution in [0.25, 0.3) is 0 Å². The van der Waals surface area contributed by atoms with Gasteiger partial charge in [0.2, 0.25) is 0 Å². The Kier molecular flexibility index (Phi) is 4.65. The van der Waals surface area contributed by atoms with E-state index in [2.05, 4.69) is 0 Å². The predicted octanol–water partition coefficient (Wildman–Crippen LogP) is 1.83. The minimum Gasteiger partial charge on any atom is -0.502 e. The van der Waals surface area contributed by atoms with Crippen LogP contribution in [-0.4, -0.2) is 10.0 Å². The van der Waals surface area contributed by atoms with E-state index in [0.717, 1.165) is 0 Å². The molecule has 0 aliphatic heterocycles. The lowest BCUT2D eigenvalue weighted by molar-refractivity contribution is -0.385. The average molecular weight is 180 g/mol. The molecule has 0 bridgehead atoms. The van der Waals surface area contributed by atoms with Crippen molar-refractivity contribution in [1.82, 2.24) is 0 Å². The number of rotatable bonds is 1. The predicted molar refractivity (Wildman–Crippen MR) is 46.0 cm³/mol. The molecule has 0 aromatic heterocycles. The molecule has 0 unspecified atom stereocenters. The number of hydrogen-bond acceptors (Lipinski definition) is 4. The summed E-state index contributed by atoms with van der Waals surface area (Å²) in [4.78, 5) is 9.44. The summed E-state index contributed by atoms with van der Waals surface area (Å²) < 4.78 is 0. The Morgan fingerprint density at radius 1 is 1.54 bits per heavy atom. The molecule has 5 nitrogen and oxygen atoms in total. The molecular weight excluding hydrogens is 172 g/mol. The largest absolute Gasteiger partial charge is 0.502 e. The second kappa shape index (κ2) is 5.55. The lowest BCUT2D eigenvalue weighted by Gasteiger charge is -1.91. The molecule has 0 aliphatic rings. The van der Waals surface area contributed by atoms with E-state index in [4.69, 9.17) is 10.4 Å². The van der Waals surface area contributed by atoms with E-state index in [1.54, 1.807) is 6.07 Å². The van der Waals surface area contributed by atoms with Crippen molar-refractivity contribution < 1.29 is 10.0 Å². The molecule has 1 aromatic rings. The number of nitro groups is 1. The molecule has 0 radical (unpaired) electrons. The summed E-state index contributed by atoms with van der Waals surface area (Å²) in [6, 6.07) is 7.30. The molecule has 1 rings (SSSR count). The van der Waals surface area contributed by atoms with Crippen molar-refractivity contribution in [2.24, 2.45) is 0 Å². The highest BCUT2D eigenvalue weighted by Crippen LogP contribution is 2.23. The molecule has 68 valence electrons. The molecule has 1 aromatic carbocycles. The van der Waals surface area contributed by atoms with Crippen LogP contribution in [0, 0.1) is 21.4 Å². The van der Waals surface area contributed by atoms with Gasteiger partial charge in [-0.25, -0.2) is 0 Å². The smallest absolute Gasteiger partial charge is 0.310 e. The number of nitro benzene ring substituents is 1. The van der Waals surface area contributed by atoms with Crippen LogP contribution in [0.3, 0.4) is 0 Å².